The first-order valence-corrected chi connectivity index (χ1v) is 10.6. The van der Waals surface area contributed by atoms with E-state index in [-0.39, 0.29) is 24.7 Å². The van der Waals surface area contributed by atoms with E-state index in [1.807, 2.05) is 25.8 Å². The Bertz CT molecular complexity index is 397. The number of ether oxygens (including phenoxy) is 1. The molecule has 7 nitrogen and oxygen atoms in total. The van der Waals surface area contributed by atoms with E-state index in [0.717, 1.165) is 13.1 Å². The van der Waals surface area contributed by atoms with Gasteiger partial charge >= 0.3 is 141 Å². The van der Waals surface area contributed by atoms with E-state index in [0.29, 0.717) is 12.6 Å². The normalized spacial score (nSPS) is 24.6. The van der Waals surface area contributed by atoms with Crippen LogP contribution in [0.3, 0.4) is 0 Å². The van der Waals surface area contributed by atoms with Crippen molar-refractivity contribution in [3.05, 3.63) is 0 Å². The standard InChI is InChI=1S/C15H35N4O3P/c1-12(2)19-8-13(3)22-14(9-19)11-21-23(7,17(4)5)18(6)10-15(16)20/h12-14,23H,8-11H2,1-7H3,(H2,16,20). The molecule has 8 heteroatoms. The van der Waals surface area contributed by atoms with Crippen LogP contribution in [-0.4, -0.2) is 92.4 Å². The Morgan fingerprint density at radius 2 is 2.00 bits per heavy atom. The minimum absolute atomic E-state index is 0.0508. The predicted octanol–water partition coefficient (Wildman–Crippen LogP) is 0.604. The number of morpholine rings is 1. The Morgan fingerprint density at radius 1 is 1.39 bits per heavy atom. The van der Waals surface area contributed by atoms with Gasteiger partial charge in [-0.25, -0.2) is 0 Å². The summed E-state index contributed by atoms with van der Waals surface area (Å²) in [6.45, 7) is 11.1. The topological polar surface area (TPSA) is 71.3 Å². The molecule has 1 saturated heterocycles. The summed E-state index contributed by atoms with van der Waals surface area (Å²) in [5.74, 6) is -0.342. The maximum absolute atomic E-state index is 11.2. The molecule has 1 aliphatic rings. The number of amides is 1. The third-order valence-electron chi connectivity index (χ3n) is 4.56. The number of primary amides is 1. The second-order valence-electron chi connectivity index (χ2n) is 7.08. The van der Waals surface area contributed by atoms with Crippen LogP contribution < -0.4 is 5.73 Å². The summed E-state index contributed by atoms with van der Waals surface area (Å²) in [5.41, 5.74) is 5.34. The monoisotopic (exact) mass is 350 g/mol. The van der Waals surface area contributed by atoms with Crippen molar-refractivity contribution in [3.63, 3.8) is 0 Å². The molecule has 0 aromatic heterocycles. The van der Waals surface area contributed by atoms with E-state index >= 15 is 0 Å². The van der Waals surface area contributed by atoms with E-state index in [2.05, 4.69) is 37.0 Å². The summed E-state index contributed by atoms with van der Waals surface area (Å²) in [4.78, 5) is 13.7. The number of nitrogens with two attached hydrogens (primary N) is 1. The Morgan fingerprint density at radius 3 is 2.48 bits per heavy atom. The minimum atomic E-state index is -2.38. The van der Waals surface area contributed by atoms with Crippen LogP contribution in [0.15, 0.2) is 0 Å². The second kappa shape index (κ2) is 8.70. The molecule has 0 aliphatic carbocycles. The molecule has 0 bridgehead atoms. The molecule has 138 valence electrons. The van der Waals surface area contributed by atoms with Crippen LogP contribution in [0.25, 0.3) is 0 Å². The van der Waals surface area contributed by atoms with Crippen LogP contribution >= 0.6 is 7.79 Å². The van der Waals surface area contributed by atoms with Gasteiger partial charge in [-0.3, -0.25) is 0 Å². The van der Waals surface area contributed by atoms with E-state index in [1.165, 1.54) is 0 Å². The van der Waals surface area contributed by atoms with Gasteiger partial charge in [0.05, 0.1) is 0 Å². The number of nitrogens with zero attached hydrogens (tertiary/aromatic N) is 3. The first kappa shape index (κ1) is 20.7. The molecule has 1 amide bonds. The fourth-order valence-electron chi connectivity index (χ4n) is 2.81. The van der Waals surface area contributed by atoms with Gasteiger partial charge in [0.25, 0.3) is 0 Å². The molecule has 1 rings (SSSR count). The van der Waals surface area contributed by atoms with Crippen molar-refractivity contribution >= 4 is 13.7 Å². The molecule has 2 unspecified atom stereocenters. The number of rotatable bonds is 8. The molecule has 0 radical (unpaired) electrons. The van der Waals surface area contributed by atoms with Crippen molar-refractivity contribution in [1.29, 1.82) is 0 Å². The Hall–Kier alpha value is -0.300. The molecule has 23 heavy (non-hydrogen) atoms. The van der Waals surface area contributed by atoms with Crippen molar-refractivity contribution in [2.24, 2.45) is 5.73 Å². The molecule has 0 saturated carbocycles. The van der Waals surface area contributed by atoms with Gasteiger partial charge in [-0.05, 0) is 0 Å². The first-order chi connectivity index (χ1) is 10.6. The fraction of sp³-hybridized carbons (Fsp3) is 0.933. The molecule has 1 fully saturated rings. The molecular weight excluding hydrogens is 315 g/mol. The molecule has 0 aromatic rings. The Labute approximate surface area is 141 Å². The fourth-order valence-corrected chi connectivity index (χ4v) is 4.92. The summed E-state index contributed by atoms with van der Waals surface area (Å²) in [7, 11) is 3.47. The molecule has 1 aliphatic heterocycles. The molecule has 2 N–H and O–H groups in total. The average molecular weight is 350 g/mol. The van der Waals surface area contributed by atoms with Gasteiger partial charge in [0.1, 0.15) is 0 Å². The van der Waals surface area contributed by atoms with Gasteiger partial charge in [0, 0.05) is 0 Å². The van der Waals surface area contributed by atoms with Crippen molar-refractivity contribution in [3.8, 4) is 0 Å². The van der Waals surface area contributed by atoms with Crippen molar-refractivity contribution in [1.82, 2.24) is 14.2 Å². The van der Waals surface area contributed by atoms with Crippen molar-refractivity contribution in [2.45, 2.75) is 39.0 Å². The Balaban J connectivity index is 2.69. The first-order valence-electron chi connectivity index (χ1n) is 8.26. The summed E-state index contributed by atoms with van der Waals surface area (Å²) in [5, 5.41) is 0. The summed E-state index contributed by atoms with van der Waals surface area (Å²) < 4.78 is 16.3. The maximum atomic E-state index is 11.2. The van der Waals surface area contributed by atoms with Crippen molar-refractivity contribution < 1.29 is 14.1 Å². The zero-order valence-electron chi connectivity index (χ0n) is 15.7. The van der Waals surface area contributed by atoms with Gasteiger partial charge in [-0.15, -0.1) is 0 Å². The average Bonchev–Trinajstić information content (AvgIpc) is 2.43. The van der Waals surface area contributed by atoms with Gasteiger partial charge < -0.3 is 0 Å². The van der Waals surface area contributed by atoms with Gasteiger partial charge in [-0.2, -0.15) is 0 Å². The summed E-state index contributed by atoms with van der Waals surface area (Å²) in [6, 6.07) is 0.499. The zero-order chi connectivity index (χ0) is 17.8. The molecular formula is C15H35N4O3P. The quantitative estimate of drug-likeness (QED) is 0.647. The summed E-state index contributed by atoms with van der Waals surface area (Å²) >= 11 is 0. The van der Waals surface area contributed by atoms with Gasteiger partial charge in [0.15, 0.2) is 0 Å². The van der Waals surface area contributed by atoms with Gasteiger partial charge in [0.2, 0.25) is 0 Å². The SMILES string of the molecule is CC1CN(C(C)C)CC(CO[PH](C)(N(C)C)N(C)CC(N)=O)O1. The van der Waals surface area contributed by atoms with E-state index in [1.54, 1.807) is 0 Å². The van der Waals surface area contributed by atoms with Crippen LogP contribution in [0.2, 0.25) is 0 Å². The van der Waals surface area contributed by atoms with Crippen LogP contribution in [0.1, 0.15) is 20.8 Å². The van der Waals surface area contributed by atoms with E-state index in [9.17, 15) is 4.79 Å². The number of carbonyl (C=O) groups excluding carboxylic acids is 1. The van der Waals surface area contributed by atoms with E-state index in [4.69, 9.17) is 15.0 Å². The predicted molar refractivity (Wildman–Crippen MR) is 96.7 cm³/mol. The molecule has 0 spiro atoms. The van der Waals surface area contributed by atoms with E-state index < -0.39 is 7.79 Å². The third kappa shape index (κ3) is 5.93. The van der Waals surface area contributed by atoms with Crippen molar-refractivity contribution in [2.75, 3.05) is 54.0 Å². The Kier molecular flexibility index (Phi) is 7.84. The van der Waals surface area contributed by atoms with Crippen LogP contribution in [0.5, 0.6) is 0 Å². The molecule has 0 aromatic carbocycles. The van der Waals surface area contributed by atoms with Crippen LogP contribution in [0.4, 0.5) is 0 Å². The third-order valence-corrected chi connectivity index (χ3v) is 8.51. The van der Waals surface area contributed by atoms with Crippen LogP contribution in [0, 0.1) is 0 Å². The zero-order valence-corrected chi connectivity index (χ0v) is 16.7. The molecule has 1 heterocycles. The number of hydrogen-bond acceptors (Lipinski definition) is 6. The molecule has 2 atom stereocenters. The number of carbonyl (C=O) groups is 1. The number of hydrogen-bond donors (Lipinski definition) is 1. The second-order valence-corrected chi connectivity index (χ2v) is 10.9. The summed E-state index contributed by atoms with van der Waals surface area (Å²) in [6.07, 6.45) is 0.255. The number of likely N-dealkylation sites (N-methyl/N-ethyl adjacent to an activating group) is 1. The van der Waals surface area contributed by atoms with Gasteiger partial charge in [-0.1, -0.05) is 0 Å². The van der Waals surface area contributed by atoms with Crippen LogP contribution in [-0.2, 0) is 14.1 Å².